The monoisotopic (exact) mass is 265 g/mol. The third kappa shape index (κ3) is 2.74. The Morgan fingerprint density at radius 3 is 2.33 bits per heavy atom. The van der Waals surface area contributed by atoms with E-state index in [1.54, 1.807) is 0 Å². The van der Waals surface area contributed by atoms with Crippen molar-refractivity contribution in [1.29, 1.82) is 0 Å². The van der Waals surface area contributed by atoms with E-state index in [2.05, 4.69) is 0 Å². The van der Waals surface area contributed by atoms with Gasteiger partial charge in [-0.25, -0.2) is 4.79 Å². The Morgan fingerprint density at radius 2 is 1.94 bits per heavy atom. The summed E-state index contributed by atoms with van der Waals surface area (Å²) in [6, 6.07) is 1.51. The zero-order chi connectivity index (χ0) is 14.1. The minimum atomic E-state index is -5.02. The highest BCUT2D eigenvalue weighted by molar-refractivity contribution is 5.74. The van der Waals surface area contributed by atoms with E-state index >= 15 is 0 Å². The van der Waals surface area contributed by atoms with E-state index in [-0.39, 0.29) is 6.07 Å². The fourth-order valence-corrected chi connectivity index (χ4v) is 1.25. The maximum Gasteiger partial charge on any atom is 0.423 e. The first-order chi connectivity index (χ1) is 8.14. The van der Waals surface area contributed by atoms with Gasteiger partial charge in [-0.1, -0.05) is 0 Å². The fourth-order valence-electron chi connectivity index (χ4n) is 1.25. The van der Waals surface area contributed by atoms with Crippen LogP contribution in [-0.2, 0) is 11.0 Å². The van der Waals surface area contributed by atoms with Crippen molar-refractivity contribution in [1.82, 2.24) is 0 Å². The third-order valence-electron chi connectivity index (χ3n) is 2.07. The molecule has 0 bridgehead atoms. The molecule has 0 heterocycles. The van der Waals surface area contributed by atoms with Crippen LogP contribution in [0.3, 0.4) is 0 Å². The Balaban J connectivity index is 3.39. The van der Waals surface area contributed by atoms with Gasteiger partial charge in [0.25, 0.3) is 5.69 Å². The van der Waals surface area contributed by atoms with Crippen molar-refractivity contribution in [3.8, 4) is 0 Å². The van der Waals surface area contributed by atoms with Crippen molar-refractivity contribution in [2.24, 2.45) is 0 Å². The third-order valence-corrected chi connectivity index (χ3v) is 2.07. The predicted molar refractivity (Wildman–Crippen MR) is 50.7 cm³/mol. The average molecular weight is 265 g/mol. The number of rotatable bonds is 3. The molecule has 0 aliphatic carbocycles. The standard InChI is InChI=1S/C9H6F3NO5/c10-9(11,12)5-3-4(7(14)8(15)16)1-2-6(5)13(17)18/h1-3,7,14H,(H,15,16). The smallest absolute Gasteiger partial charge is 0.423 e. The average Bonchev–Trinajstić information content (AvgIpc) is 2.25. The first-order valence-corrected chi connectivity index (χ1v) is 4.41. The van der Waals surface area contributed by atoms with Crippen LogP contribution in [0.25, 0.3) is 0 Å². The van der Waals surface area contributed by atoms with Crippen LogP contribution in [0.4, 0.5) is 18.9 Å². The van der Waals surface area contributed by atoms with Crippen molar-refractivity contribution in [2.75, 3.05) is 0 Å². The zero-order valence-electron chi connectivity index (χ0n) is 8.51. The molecule has 0 spiro atoms. The minimum Gasteiger partial charge on any atom is -0.479 e. The lowest BCUT2D eigenvalue weighted by Gasteiger charge is -2.11. The molecular weight excluding hydrogens is 259 g/mol. The molecule has 0 saturated carbocycles. The molecule has 18 heavy (non-hydrogen) atoms. The molecule has 0 aliphatic heterocycles. The van der Waals surface area contributed by atoms with Gasteiger partial charge in [0.2, 0.25) is 0 Å². The Kier molecular flexibility index (Phi) is 3.56. The Labute approximate surface area is 97.4 Å². The molecule has 0 fully saturated rings. The number of aliphatic hydroxyl groups excluding tert-OH is 1. The number of alkyl halides is 3. The van der Waals surface area contributed by atoms with E-state index in [0.717, 1.165) is 6.07 Å². The van der Waals surface area contributed by atoms with Gasteiger partial charge in [0.05, 0.1) is 4.92 Å². The fraction of sp³-hybridized carbons (Fsp3) is 0.222. The molecule has 1 unspecified atom stereocenters. The van der Waals surface area contributed by atoms with Crippen LogP contribution in [0.5, 0.6) is 0 Å². The molecule has 98 valence electrons. The predicted octanol–water partition coefficient (Wildman–Crippen LogP) is 1.73. The van der Waals surface area contributed by atoms with Crippen LogP contribution in [0, 0.1) is 10.1 Å². The Morgan fingerprint density at radius 1 is 1.39 bits per heavy atom. The summed E-state index contributed by atoms with van der Waals surface area (Å²) in [7, 11) is 0. The van der Waals surface area contributed by atoms with Gasteiger partial charge in [-0.3, -0.25) is 10.1 Å². The van der Waals surface area contributed by atoms with Crippen LogP contribution in [0.2, 0.25) is 0 Å². The zero-order valence-corrected chi connectivity index (χ0v) is 8.51. The van der Waals surface area contributed by atoms with Gasteiger partial charge < -0.3 is 10.2 Å². The molecule has 9 heteroatoms. The normalized spacial score (nSPS) is 13.1. The number of carboxylic acids is 1. The molecule has 0 aromatic heterocycles. The molecule has 1 rings (SSSR count). The van der Waals surface area contributed by atoms with Gasteiger partial charge in [-0.2, -0.15) is 13.2 Å². The number of carboxylic acid groups (broad SMARTS) is 1. The van der Waals surface area contributed by atoms with Gasteiger partial charge in [0, 0.05) is 6.07 Å². The van der Waals surface area contributed by atoms with E-state index in [1.807, 2.05) is 0 Å². The lowest BCUT2D eigenvalue weighted by Crippen LogP contribution is -2.14. The molecule has 6 nitrogen and oxygen atoms in total. The number of halogens is 3. The first-order valence-electron chi connectivity index (χ1n) is 4.41. The SMILES string of the molecule is O=C(O)C(O)c1ccc([N+](=O)[O-])c(C(F)(F)F)c1. The maximum absolute atomic E-state index is 12.5. The van der Waals surface area contributed by atoms with E-state index in [1.165, 1.54) is 0 Å². The number of benzene rings is 1. The number of nitro groups is 1. The Hall–Kier alpha value is -2.16. The largest absolute Gasteiger partial charge is 0.479 e. The van der Waals surface area contributed by atoms with E-state index in [0.29, 0.717) is 6.07 Å². The molecule has 0 saturated heterocycles. The lowest BCUT2D eigenvalue weighted by molar-refractivity contribution is -0.388. The number of aliphatic carboxylic acids is 1. The van der Waals surface area contributed by atoms with Crippen molar-refractivity contribution in [3.63, 3.8) is 0 Å². The van der Waals surface area contributed by atoms with Gasteiger partial charge in [0.1, 0.15) is 5.56 Å². The Bertz CT molecular complexity index is 499. The van der Waals surface area contributed by atoms with Gasteiger partial charge >= 0.3 is 12.1 Å². The summed E-state index contributed by atoms with van der Waals surface area (Å²) in [4.78, 5) is 19.6. The molecule has 1 aromatic rings. The van der Waals surface area contributed by atoms with Crippen LogP contribution in [0.15, 0.2) is 18.2 Å². The first kappa shape index (κ1) is 13.9. The molecule has 1 atom stereocenters. The minimum absolute atomic E-state index is 0.247. The summed E-state index contributed by atoms with van der Waals surface area (Å²) in [6.07, 6.45) is -7.19. The van der Waals surface area contributed by atoms with E-state index in [9.17, 15) is 28.1 Å². The number of hydrogen-bond acceptors (Lipinski definition) is 4. The number of nitrogens with zero attached hydrogens (tertiary/aromatic N) is 1. The van der Waals surface area contributed by atoms with Crippen molar-refractivity contribution in [3.05, 3.63) is 39.4 Å². The summed E-state index contributed by atoms with van der Waals surface area (Å²) in [5, 5.41) is 27.9. The highest BCUT2D eigenvalue weighted by Gasteiger charge is 2.39. The molecule has 0 radical (unpaired) electrons. The van der Waals surface area contributed by atoms with Gasteiger partial charge in [-0.15, -0.1) is 0 Å². The number of carbonyl (C=O) groups is 1. The van der Waals surface area contributed by atoms with Crippen molar-refractivity contribution < 1.29 is 33.1 Å². The van der Waals surface area contributed by atoms with Crippen molar-refractivity contribution in [2.45, 2.75) is 12.3 Å². The highest BCUT2D eigenvalue weighted by Crippen LogP contribution is 2.37. The number of nitro benzene ring substituents is 1. The second-order valence-corrected chi connectivity index (χ2v) is 3.27. The van der Waals surface area contributed by atoms with Crippen LogP contribution in [0.1, 0.15) is 17.2 Å². The van der Waals surface area contributed by atoms with Crippen LogP contribution < -0.4 is 0 Å². The summed E-state index contributed by atoms with van der Waals surface area (Å²) >= 11 is 0. The van der Waals surface area contributed by atoms with E-state index in [4.69, 9.17) is 10.2 Å². The molecule has 2 N–H and O–H groups in total. The molecule has 1 aromatic carbocycles. The second kappa shape index (κ2) is 4.61. The summed E-state index contributed by atoms with van der Waals surface area (Å²) in [5.41, 5.74) is -3.39. The molecule has 0 aliphatic rings. The molecular formula is C9H6F3NO5. The quantitative estimate of drug-likeness (QED) is 0.640. The van der Waals surface area contributed by atoms with Crippen LogP contribution in [-0.4, -0.2) is 21.1 Å². The number of aliphatic hydroxyl groups is 1. The van der Waals surface area contributed by atoms with Gasteiger partial charge in [-0.05, 0) is 17.7 Å². The summed E-state index contributed by atoms with van der Waals surface area (Å²) < 4.78 is 37.6. The maximum atomic E-state index is 12.5. The highest BCUT2D eigenvalue weighted by atomic mass is 19.4. The van der Waals surface area contributed by atoms with Crippen LogP contribution >= 0.6 is 0 Å². The topological polar surface area (TPSA) is 101 Å². The second-order valence-electron chi connectivity index (χ2n) is 3.27. The summed E-state index contributed by atoms with van der Waals surface area (Å²) in [5.74, 6) is -1.75. The summed E-state index contributed by atoms with van der Waals surface area (Å²) in [6.45, 7) is 0. The van der Waals surface area contributed by atoms with Gasteiger partial charge in [0.15, 0.2) is 6.10 Å². The lowest BCUT2D eigenvalue weighted by atomic mass is 10.0. The molecule has 0 amide bonds. The van der Waals surface area contributed by atoms with Crippen molar-refractivity contribution >= 4 is 11.7 Å². The van der Waals surface area contributed by atoms with E-state index < -0.39 is 40.0 Å². The number of hydrogen-bond donors (Lipinski definition) is 2.